The van der Waals surface area contributed by atoms with Crippen molar-refractivity contribution in [2.24, 2.45) is 0 Å². The van der Waals surface area contributed by atoms with Crippen LogP contribution in [0.1, 0.15) is 25.5 Å². The zero-order valence-corrected chi connectivity index (χ0v) is 7.53. The lowest BCUT2D eigenvalue weighted by Gasteiger charge is -1.99. The van der Waals surface area contributed by atoms with E-state index in [1.54, 1.807) is 0 Å². The summed E-state index contributed by atoms with van der Waals surface area (Å²) in [6.07, 6.45) is 4.37. The predicted octanol–water partition coefficient (Wildman–Crippen LogP) is 1.27. The van der Waals surface area contributed by atoms with Gasteiger partial charge < -0.3 is 5.11 Å². The lowest BCUT2D eigenvalue weighted by molar-refractivity contribution is -0.706. The molecule has 2 heteroatoms. The predicted molar refractivity (Wildman–Crippen MR) is 47.5 cm³/mol. The molecule has 0 amide bonds. The van der Waals surface area contributed by atoms with Crippen molar-refractivity contribution in [2.45, 2.75) is 32.9 Å². The molecule has 0 aliphatic rings. The maximum atomic E-state index is 9.00. The molecule has 0 aliphatic carbocycles. The summed E-state index contributed by atoms with van der Waals surface area (Å²) >= 11 is 0. The lowest BCUT2D eigenvalue weighted by Crippen LogP contribution is -2.37. The third kappa shape index (κ3) is 2.31. The SMILES string of the molecule is CCCC[n+]1ccccc1CO. The van der Waals surface area contributed by atoms with Crippen LogP contribution in [0.3, 0.4) is 0 Å². The fourth-order valence-corrected chi connectivity index (χ4v) is 1.20. The Morgan fingerprint density at radius 2 is 2.25 bits per heavy atom. The van der Waals surface area contributed by atoms with Crippen molar-refractivity contribution in [3.05, 3.63) is 30.1 Å². The van der Waals surface area contributed by atoms with Crippen molar-refractivity contribution in [1.29, 1.82) is 0 Å². The summed E-state index contributed by atoms with van der Waals surface area (Å²) in [5.74, 6) is 0. The van der Waals surface area contributed by atoms with E-state index in [1.165, 1.54) is 12.8 Å². The maximum absolute atomic E-state index is 9.00. The standard InChI is InChI=1S/C10H16NO/c1-2-3-7-11-8-5-4-6-10(11)9-12/h4-6,8,12H,2-3,7,9H2,1H3/q+1. The van der Waals surface area contributed by atoms with Crippen LogP contribution < -0.4 is 4.57 Å². The smallest absolute Gasteiger partial charge is 0.206 e. The van der Waals surface area contributed by atoms with Crippen LogP contribution in [0.4, 0.5) is 0 Å². The van der Waals surface area contributed by atoms with Crippen molar-refractivity contribution in [1.82, 2.24) is 0 Å². The molecule has 0 saturated carbocycles. The van der Waals surface area contributed by atoms with Crippen LogP contribution in [-0.2, 0) is 13.2 Å². The average Bonchev–Trinajstić information content (AvgIpc) is 2.15. The van der Waals surface area contributed by atoms with E-state index >= 15 is 0 Å². The number of aryl methyl sites for hydroxylation is 1. The molecule has 1 aromatic rings. The molecule has 12 heavy (non-hydrogen) atoms. The Labute approximate surface area is 73.5 Å². The van der Waals surface area contributed by atoms with Gasteiger partial charge in [0.05, 0.1) is 0 Å². The topological polar surface area (TPSA) is 24.1 Å². The molecule has 1 N–H and O–H groups in total. The minimum absolute atomic E-state index is 0.130. The first-order chi connectivity index (χ1) is 5.88. The molecule has 0 bridgehead atoms. The molecular weight excluding hydrogens is 150 g/mol. The molecule has 0 atom stereocenters. The number of pyridine rings is 1. The van der Waals surface area contributed by atoms with Gasteiger partial charge in [-0.2, -0.15) is 0 Å². The third-order valence-electron chi connectivity index (χ3n) is 1.95. The number of hydrogen-bond donors (Lipinski definition) is 1. The van der Waals surface area contributed by atoms with Gasteiger partial charge in [0.15, 0.2) is 6.20 Å². The molecule has 0 fully saturated rings. The number of nitrogens with zero attached hydrogens (tertiary/aromatic N) is 1. The number of aliphatic hydroxyl groups excluding tert-OH is 1. The van der Waals surface area contributed by atoms with Crippen molar-refractivity contribution in [2.75, 3.05) is 0 Å². The van der Waals surface area contributed by atoms with Crippen LogP contribution in [0, 0.1) is 0 Å². The Kier molecular flexibility index (Phi) is 3.74. The molecule has 66 valence electrons. The summed E-state index contributed by atoms with van der Waals surface area (Å²) in [6.45, 7) is 3.31. The van der Waals surface area contributed by atoms with Gasteiger partial charge in [0.1, 0.15) is 13.2 Å². The molecule has 0 spiro atoms. The zero-order chi connectivity index (χ0) is 8.81. The van der Waals surface area contributed by atoms with Gasteiger partial charge in [0, 0.05) is 18.6 Å². The molecule has 1 heterocycles. The molecule has 2 nitrogen and oxygen atoms in total. The molecule has 0 saturated heterocycles. The summed E-state index contributed by atoms with van der Waals surface area (Å²) < 4.78 is 2.10. The highest BCUT2D eigenvalue weighted by Crippen LogP contribution is 1.93. The van der Waals surface area contributed by atoms with Gasteiger partial charge in [-0.3, -0.25) is 0 Å². The first-order valence-electron chi connectivity index (χ1n) is 4.46. The zero-order valence-electron chi connectivity index (χ0n) is 7.53. The van der Waals surface area contributed by atoms with Gasteiger partial charge in [-0.15, -0.1) is 0 Å². The van der Waals surface area contributed by atoms with E-state index in [1.807, 2.05) is 24.4 Å². The molecule has 0 aliphatic heterocycles. The maximum Gasteiger partial charge on any atom is 0.206 e. The quantitative estimate of drug-likeness (QED) is 0.669. The molecular formula is C10H16NO+. The van der Waals surface area contributed by atoms with Gasteiger partial charge >= 0.3 is 0 Å². The van der Waals surface area contributed by atoms with Crippen LogP contribution in [-0.4, -0.2) is 5.11 Å². The Hall–Kier alpha value is -0.890. The Morgan fingerprint density at radius 3 is 2.92 bits per heavy atom. The van der Waals surface area contributed by atoms with Gasteiger partial charge in [-0.05, 0) is 0 Å². The summed E-state index contributed by atoms with van der Waals surface area (Å²) in [4.78, 5) is 0. The van der Waals surface area contributed by atoms with Gasteiger partial charge in [0.2, 0.25) is 5.69 Å². The lowest BCUT2D eigenvalue weighted by atomic mass is 10.3. The minimum atomic E-state index is 0.130. The van der Waals surface area contributed by atoms with E-state index in [2.05, 4.69) is 11.5 Å². The van der Waals surface area contributed by atoms with Gasteiger partial charge in [-0.1, -0.05) is 19.4 Å². The second-order valence-electron chi connectivity index (χ2n) is 2.90. The Bertz CT molecular complexity index is 235. The van der Waals surface area contributed by atoms with Gasteiger partial charge in [-0.25, -0.2) is 4.57 Å². The molecule has 0 unspecified atom stereocenters. The second-order valence-corrected chi connectivity index (χ2v) is 2.90. The van der Waals surface area contributed by atoms with Crippen molar-refractivity contribution in [3.8, 4) is 0 Å². The van der Waals surface area contributed by atoms with E-state index in [9.17, 15) is 0 Å². The summed E-state index contributed by atoms with van der Waals surface area (Å²) in [6, 6.07) is 5.90. The molecule has 1 aromatic heterocycles. The highest BCUT2D eigenvalue weighted by atomic mass is 16.3. The highest BCUT2D eigenvalue weighted by Gasteiger charge is 2.05. The highest BCUT2D eigenvalue weighted by molar-refractivity contribution is 4.95. The summed E-state index contributed by atoms with van der Waals surface area (Å²) in [5.41, 5.74) is 0.992. The Balaban J connectivity index is 2.68. The Morgan fingerprint density at radius 1 is 1.42 bits per heavy atom. The minimum Gasteiger partial charge on any atom is -0.385 e. The molecule has 1 rings (SSSR count). The normalized spacial score (nSPS) is 10.2. The van der Waals surface area contributed by atoms with E-state index < -0.39 is 0 Å². The average molecular weight is 166 g/mol. The fraction of sp³-hybridized carbons (Fsp3) is 0.500. The van der Waals surface area contributed by atoms with E-state index in [4.69, 9.17) is 5.11 Å². The molecule has 0 radical (unpaired) electrons. The largest absolute Gasteiger partial charge is 0.385 e. The summed E-state index contributed by atoms with van der Waals surface area (Å²) in [7, 11) is 0. The number of aromatic nitrogens is 1. The van der Waals surface area contributed by atoms with Crippen LogP contribution in [0.5, 0.6) is 0 Å². The first-order valence-corrected chi connectivity index (χ1v) is 4.46. The van der Waals surface area contributed by atoms with Crippen LogP contribution >= 0.6 is 0 Å². The van der Waals surface area contributed by atoms with E-state index in [-0.39, 0.29) is 6.61 Å². The first kappa shape index (κ1) is 9.20. The van der Waals surface area contributed by atoms with Crippen molar-refractivity contribution in [3.63, 3.8) is 0 Å². The number of hydrogen-bond acceptors (Lipinski definition) is 1. The van der Waals surface area contributed by atoms with E-state index in [0.717, 1.165) is 12.2 Å². The van der Waals surface area contributed by atoms with Crippen LogP contribution in [0.25, 0.3) is 0 Å². The number of aliphatic hydroxyl groups is 1. The fourth-order valence-electron chi connectivity index (χ4n) is 1.20. The third-order valence-corrected chi connectivity index (χ3v) is 1.95. The van der Waals surface area contributed by atoms with Crippen LogP contribution in [0.15, 0.2) is 24.4 Å². The number of unbranched alkanes of at least 4 members (excludes halogenated alkanes) is 1. The molecule has 0 aromatic carbocycles. The summed E-state index contributed by atoms with van der Waals surface area (Å²) in [5, 5.41) is 9.00. The van der Waals surface area contributed by atoms with Crippen molar-refractivity contribution < 1.29 is 9.67 Å². The van der Waals surface area contributed by atoms with Crippen LogP contribution in [0.2, 0.25) is 0 Å². The van der Waals surface area contributed by atoms with E-state index in [0.29, 0.717) is 0 Å². The monoisotopic (exact) mass is 166 g/mol. The number of rotatable bonds is 4. The second kappa shape index (κ2) is 4.88. The van der Waals surface area contributed by atoms with Crippen molar-refractivity contribution >= 4 is 0 Å². The van der Waals surface area contributed by atoms with Gasteiger partial charge in [0.25, 0.3) is 0 Å².